The van der Waals surface area contributed by atoms with Gasteiger partial charge in [0.1, 0.15) is 17.7 Å². The molecule has 2 aromatic rings. The van der Waals surface area contributed by atoms with Gasteiger partial charge >= 0.3 is 0 Å². The van der Waals surface area contributed by atoms with Crippen molar-refractivity contribution in [3.63, 3.8) is 0 Å². The van der Waals surface area contributed by atoms with E-state index in [9.17, 15) is 10.5 Å². The van der Waals surface area contributed by atoms with Crippen LogP contribution < -0.4 is 10.6 Å². The van der Waals surface area contributed by atoms with Crippen LogP contribution in [0.25, 0.3) is 11.0 Å². The van der Waals surface area contributed by atoms with Crippen molar-refractivity contribution in [1.82, 2.24) is 9.97 Å². The highest BCUT2D eigenvalue weighted by molar-refractivity contribution is 5.87. The Hall–Kier alpha value is -2.86. The minimum atomic E-state index is 0.284. The minimum Gasteiger partial charge on any atom is -0.367 e. The third-order valence-corrected chi connectivity index (χ3v) is 4.21. The molecule has 0 aliphatic carbocycles. The third kappa shape index (κ3) is 4.83. The van der Waals surface area contributed by atoms with Crippen molar-refractivity contribution in [2.45, 2.75) is 52.4 Å². The first-order valence-corrected chi connectivity index (χ1v) is 9.37. The van der Waals surface area contributed by atoms with Crippen LogP contribution in [0.5, 0.6) is 0 Å². The first-order chi connectivity index (χ1) is 12.7. The van der Waals surface area contributed by atoms with E-state index >= 15 is 0 Å². The lowest BCUT2D eigenvalue weighted by Gasteiger charge is -2.14. The molecule has 2 N–H and O–H groups in total. The van der Waals surface area contributed by atoms with E-state index < -0.39 is 0 Å². The largest absolute Gasteiger partial charge is 0.367 e. The number of anilines is 2. The normalized spacial score (nSPS) is 10.3. The Balaban J connectivity index is 2.36. The van der Waals surface area contributed by atoms with Gasteiger partial charge in [0, 0.05) is 13.1 Å². The molecule has 0 aliphatic rings. The quantitative estimate of drug-likeness (QED) is 0.609. The molecular weight excluding hydrogens is 324 g/mol. The zero-order chi connectivity index (χ0) is 18.8. The Labute approximate surface area is 155 Å². The summed E-state index contributed by atoms with van der Waals surface area (Å²) in [6.07, 6.45) is 6.75. The van der Waals surface area contributed by atoms with Gasteiger partial charge in [-0.25, -0.2) is 9.97 Å². The first kappa shape index (κ1) is 19.5. The van der Waals surface area contributed by atoms with Crippen molar-refractivity contribution in [3.05, 3.63) is 23.3 Å². The maximum atomic E-state index is 9.45. The van der Waals surface area contributed by atoms with Gasteiger partial charge in [0.2, 0.25) is 0 Å². The Bertz CT molecular complexity index is 816. The van der Waals surface area contributed by atoms with Gasteiger partial charge in [0.05, 0.1) is 16.6 Å². The zero-order valence-corrected chi connectivity index (χ0v) is 15.6. The van der Waals surface area contributed by atoms with Crippen molar-refractivity contribution in [2.24, 2.45) is 0 Å². The van der Waals surface area contributed by atoms with E-state index in [0.717, 1.165) is 51.6 Å². The van der Waals surface area contributed by atoms with Gasteiger partial charge < -0.3 is 10.6 Å². The molecule has 136 valence electrons. The summed E-state index contributed by atoms with van der Waals surface area (Å²) in [7, 11) is 0. The molecule has 0 fully saturated rings. The summed E-state index contributed by atoms with van der Waals surface area (Å²) in [6, 6.07) is 7.53. The molecule has 1 aromatic heterocycles. The summed E-state index contributed by atoms with van der Waals surface area (Å²) >= 11 is 0. The van der Waals surface area contributed by atoms with E-state index in [1.54, 1.807) is 12.1 Å². The van der Waals surface area contributed by atoms with Crippen LogP contribution in [-0.4, -0.2) is 23.1 Å². The highest BCUT2D eigenvalue weighted by Gasteiger charge is 2.14. The second kappa shape index (κ2) is 10.2. The molecule has 0 atom stereocenters. The predicted octanol–water partition coefficient (Wildman–Crippen LogP) is 4.58. The van der Waals surface area contributed by atoms with Gasteiger partial charge in [-0.05, 0) is 25.0 Å². The van der Waals surface area contributed by atoms with Crippen molar-refractivity contribution in [2.75, 3.05) is 23.7 Å². The number of rotatable bonds is 10. The molecule has 1 aromatic carbocycles. The summed E-state index contributed by atoms with van der Waals surface area (Å²) in [4.78, 5) is 9.30. The van der Waals surface area contributed by atoms with Crippen molar-refractivity contribution in [1.29, 1.82) is 10.5 Å². The third-order valence-electron chi connectivity index (χ3n) is 4.21. The fourth-order valence-electron chi connectivity index (χ4n) is 2.74. The average molecular weight is 350 g/mol. The number of aromatic nitrogens is 2. The van der Waals surface area contributed by atoms with Crippen LogP contribution in [0.15, 0.2) is 12.1 Å². The number of nitrogens with one attached hydrogen (secondary N) is 2. The van der Waals surface area contributed by atoms with Crippen LogP contribution in [-0.2, 0) is 0 Å². The van der Waals surface area contributed by atoms with Crippen LogP contribution in [0.1, 0.15) is 63.5 Å². The van der Waals surface area contributed by atoms with Crippen LogP contribution in [0.3, 0.4) is 0 Å². The Kier molecular flexibility index (Phi) is 7.64. The fraction of sp³-hybridized carbons (Fsp3) is 0.500. The Morgan fingerprint density at radius 1 is 0.846 bits per heavy atom. The average Bonchev–Trinajstić information content (AvgIpc) is 2.67. The van der Waals surface area contributed by atoms with E-state index in [1.807, 2.05) is 0 Å². The molecule has 0 bridgehead atoms. The molecule has 0 aliphatic heterocycles. The minimum absolute atomic E-state index is 0.284. The molecule has 6 heteroatoms. The van der Waals surface area contributed by atoms with Gasteiger partial charge in [-0.15, -0.1) is 0 Å². The molecule has 0 amide bonds. The number of nitriles is 2. The highest BCUT2D eigenvalue weighted by Crippen LogP contribution is 2.25. The number of hydrogen-bond acceptors (Lipinski definition) is 6. The Morgan fingerprint density at radius 2 is 1.46 bits per heavy atom. The number of fused-ring (bicyclic) bond motifs is 1. The summed E-state index contributed by atoms with van der Waals surface area (Å²) in [6.45, 7) is 5.97. The number of benzene rings is 1. The molecule has 0 unspecified atom stereocenters. The van der Waals surface area contributed by atoms with E-state index in [1.165, 1.54) is 0 Å². The van der Waals surface area contributed by atoms with E-state index in [-0.39, 0.29) is 5.56 Å². The van der Waals surface area contributed by atoms with E-state index in [4.69, 9.17) is 0 Å². The molecular formula is C20H26N6. The molecule has 0 saturated carbocycles. The Morgan fingerprint density at radius 3 is 2.00 bits per heavy atom. The molecule has 2 rings (SSSR count). The smallest absolute Gasteiger partial charge is 0.169 e. The van der Waals surface area contributed by atoms with Gasteiger partial charge in [0.25, 0.3) is 0 Å². The lowest BCUT2D eigenvalue weighted by atomic mass is 10.1. The summed E-state index contributed by atoms with van der Waals surface area (Å²) in [5.74, 6) is 1.36. The maximum Gasteiger partial charge on any atom is 0.169 e. The second-order valence-electron chi connectivity index (χ2n) is 6.27. The van der Waals surface area contributed by atoms with Gasteiger partial charge in [-0.3, -0.25) is 0 Å². The summed E-state index contributed by atoms with van der Waals surface area (Å²) < 4.78 is 0. The fourth-order valence-corrected chi connectivity index (χ4v) is 2.74. The SMILES string of the molecule is CCCCCNc1nc2ccc(C#N)c(C#N)c2nc1NCCCCC. The van der Waals surface area contributed by atoms with Crippen molar-refractivity contribution >= 4 is 22.7 Å². The number of nitrogens with zero attached hydrogens (tertiary/aromatic N) is 4. The second-order valence-corrected chi connectivity index (χ2v) is 6.27. The van der Waals surface area contributed by atoms with E-state index in [2.05, 4.69) is 46.6 Å². The number of hydrogen-bond donors (Lipinski definition) is 2. The van der Waals surface area contributed by atoms with Crippen molar-refractivity contribution in [3.8, 4) is 12.1 Å². The standard InChI is InChI=1S/C20H26N6/c1-3-5-7-11-23-19-20(24-12-8-6-4-2)26-18-16(14-22)15(13-21)9-10-17(18)25-19/h9-10H,3-8,11-12H2,1-2H3,(H,23,25)(H,24,26). The van der Waals surface area contributed by atoms with E-state index in [0.29, 0.717) is 28.2 Å². The topological polar surface area (TPSA) is 97.4 Å². The lowest BCUT2D eigenvalue weighted by Crippen LogP contribution is -2.11. The molecule has 26 heavy (non-hydrogen) atoms. The number of unbranched alkanes of at least 4 members (excludes halogenated alkanes) is 4. The molecule has 0 saturated heterocycles. The summed E-state index contributed by atoms with van der Waals surface area (Å²) in [5, 5.41) is 25.4. The molecule has 0 radical (unpaired) electrons. The van der Waals surface area contributed by atoms with Gasteiger partial charge in [0.15, 0.2) is 11.6 Å². The first-order valence-electron chi connectivity index (χ1n) is 9.37. The maximum absolute atomic E-state index is 9.45. The lowest BCUT2D eigenvalue weighted by molar-refractivity contribution is 0.738. The van der Waals surface area contributed by atoms with Crippen LogP contribution in [0, 0.1) is 22.7 Å². The predicted molar refractivity (Wildman–Crippen MR) is 105 cm³/mol. The molecule has 1 heterocycles. The van der Waals surface area contributed by atoms with Crippen molar-refractivity contribution < 1.29 is 0 Å². The van der Waals surface area contributed by atoms with Crippen LogP contribution in [0.2, 0.25) is 0 Å². The zero-order valence-electron chi connectivity index (χ0n) is 15.6. The molecule has 0 spiro atoms. The highest BCUT2D eigenvalue weighted by atomic mass is 15.1. The monoisotopic (exact) mass is 350 g/mol. The molecule has 6 nitrogen and oxygen atoms in total. The van der Waals surface area contributed by atoms with Gasteiger partial charge in [-0.2, -0.15) is 10.5 Å². The van der Waals surface area contributed by atoms with Crippen LogP contribution in [0.4, 0.5) is 11.6 Å². The van der Waals surface area contributed by atoms with Gasteiger partial charge in [-0.1, -0.05) is 39.5 Å². The van der Waals surface area contributed by atoms with Crippen LogP contribution >= 0.6 is 0 Å². The summed E-state index contributed by atoms with van der Waals surface area (Å²) in [5.41, 5.74) is 1.71.